The van der Waals surface area contributed by atoms with Gasteiger partial charge in [0.05, 0.1) is 16.4 Å². The molecule has 1 amide bonds. The number of hydrogen-bond acceptors (Lipinski definition) is 6. The minimum absolute atomic E-state index is 0.0393. The summed E-state index contributed by atoms with van der Waals surface area (Å²) in [5.74, 6) is -0.340. The number of rotatable bonds is 4. The summed E-state index contributed by atoms with van der Waals surface area (Å²) in [5, 5.41) is 14.1. The van der Waals surface area contributed by atoms with Crippen LogP contribution in [0.1, 0.15) is 27.9 Å². The summed E-state index contributed by atoms with van der Waals surface area (Å²) in [6.07, 6.45) is 1.97. The Morgan fingerprint density at radius 1 is 1.55 bits per heavy atom. The van der Waals surface area contributed by atoms with Gasteiger partial charge < -0.3 is 10.8 Å². The monoisotopic (exact) mass is 446 g/mol. The van der Waals surface area contributed by atoms with E-state index in [1.807, 2.05) is 6.92 Å². The standard InChI is InChI=1S/C13H12Br2N4O2S/c1-2-9-11(22-13(16)18-9)12(21)19-17-5-6-3-7(14)4-8(15)10(6)20/h3-5,20H,2H2,1H3,(H2,16,18)(H,19,21)/b17-5+. The number of anilines is 1. The second-order valence-corrected chi connectivity index (χ2v) is 7.01. The maximum Gasteiger partial charge on any atom is 0.283 e. The molecule has 0 aliphatic carbocycles. The molecule has 4 N–H and O–H groups in total. The van der Waals surface area contributed by atoms with Crippen LogP contribution >= 0.6 is 43.2 Å². The molecule has 0 radical (unpaired) electrons. The molecule has 0 fully saturated rings. The molecular formula is C13H12Br2N4O2S. The average Bonchev–Trinajstić information content (AvgIpc) is 2.85. The maximum atomic E-state index is 12.1. The molecule has 0 unspecified atom stereocenters. The van der Waals surface area contributed by atoms with Gasteiger partial charge in [-0.25, -0.2) is 10.4 Å². The summed E-state index contributed by atoms with van der Waals surface area (Å²) in [6.45, 7) is 1.89. The molecule has 2 rings (SSSR count). The van der Waals surface area contributed by atoms with Gasteiger partial charge >= 0.3 is 0 Å². The number of thiazole rings is 1. The number of nitrogens with zero attached hydrogens (tertiary/aromatic N) is 2. The van der Waals surface area contributed by atoms with Crippen LogP contribution in [0.2, 0.25) is 0 Å². The predicted octanol–water partition coefficient (Wildman–Crippen LogP) is 3.28. The minimum atomic E-state index is -0.379. The van der Waals surface area contributed by atoms with Gasteiger partial charge in [-0.15, -0.1) is 0 Å². The van der Waals surface area contributed by atoms with Gasteiger partial charge in [-0.3, -0.25) is 4.79 Å². The van der Waals surface area contributed by atoms with Crippen LogP contribution < -0.4 is 11.2 Å². The van der Waals surface area contributed by atoms with Gasteiger partial charge in [0.15, 0.2) is 5.13 Å². The molecular weight excluding hydrogens is 436 g/mol. The Morgan fingerprint density at radius 2 is 2.27 bits per heavy atom. The lowest BCUT2D eigenvalue weighted by Gasteiger charge is -2.03. The topological polar surface area (TPSA) is 101 Å². The van der Waals surface area contributed by atoms with Crippen LogP contribution in [0.5, 0.6) is 5.75 Å². The molecule has 6 nitrogen and oxygen atoms in total. The number of aromatic hydroxyl groups is 1. The molecule has 116 valence electrons. The largest absolute Gasteiger partial charge is 0.506 e. The van der Waals surface area contributed by atoms with E-state index < -0.39 is 0 Å². The Kier molecular flexibility index (Phi) is 5.54. The Labute approximate surface area is 147 Å². The van der Waals surface area contributed by atoms with E-state index in [-0.39, 0.29) is 11.7 Å². The molecule has 0 bridgehead atoms. The number of aromatic nitrogens is 1. The molecule has 2 aromatic rings. The number of nitrogen functional groups attached to an aromatic ring is 1. The second kappa shape index (κ2) is 7.21. The third-order valence-electron chi connectivity index (χ3n) is 2.68. The van der Waals surface area contributed by atoms with Crippen molar-refractivity contribution in [2.75, 3.05) is 5.73 Å². The third kappa shape index (κ3) is 3.84. The highest BCUT2D eigenvalue weighted by atomic mass is 79.9. The van der Waals surface area contributed by atoms with E-state index in [1.54, 1.807) is 12.1 Å². The van der Waals surface area contributed by atoms with Crippen LogP contribution in [-0.2, 0) is 6.42 Å². The maximum absolute atomic E-state index is 12.1. The molecule has 1 heterocycles. The van der Waals surface area contributed by atoms with Gasteiger partial charge in [-0.2, -0.15) is 5.10 Å². The second-order valence-electron chi connectivity index (χ2n) is 4.21. The van der Waals surface area contributed by atoms with Gasteiger partial charge in [-0.05, 0) is 34.5 Å². The van der Waals surface area contributed by atoms with Crippen molar-refractivity contribution < 1.29 is 9.90 Å². The molecule has 22 heavy (non-hydrogen) atoms. The number of amides is 1. The van der Waals surface area contributed by atoms with Crippen LogP contribution in [0.25, 0.3) is 0 Å². The lowest BCUT2D eigenvalue weighted by molar-refractivity contribution is 0.0958. The van der Waals surface area contributed by atoms with E-state index in [4.69, 9.17) is 5.73 Å². The number of benzene rings is 1. The van der Waals surface area contributed by atoms with Crippen molar-refractivity contribution >= 4 is 60.5 Å². The summed E-state index contributed by atoms with van der Waals surface area (Å²) >= 11 is 7.66. The van der Waals surface area contributed by atoms with E-state index in [0.29, 0.717) is 32.2 Å². The van der Waals surface area contributed by atoms with E-state index in [1.165, 1.54) is 6.21 Å². The molecule has 0 saturated heterocycles. The van der Waals surface area contributed by atoms with Gasteiger partial charge in [0.2, 0.25) is 0 Å². The number of carbonyl (C=O) groups excluding carboxylic acids is 1. The first-order valence-electron chi connectivity index (χ1n) is 6.19. The quantitative estimate of drug-likeness (QED) is 0.494. The number of hydrogen-bond donors (Lipinski definition) is 3. The molecule has 9 heteroatoms. The van der Waals surface area contributed by atoms with Crippen molar-refractivity contribution in [3.05, 3.63) is 37.2 Å². The van der Waals surface area contributed by atoms with Crippen molar-refractivity contribution in [3.8, 4) is 5.75 Å². The Balaban J connectivity index is 2.14. The molecule has 0 aliphatic heterocycles. The molecule has 0 atom stereocenters. The van der Waals surface area contributed by atoms with Crippen molar-refractivity contribution in [3.63, 3.8) is 0 Å². The zero-order valence-corrected chi connectivity index (χ0v) is 15.4. The fraction of sp³-hybridized carbons (Fsp3) is 0.154. The van der Waals surface area contributed by atoms with Crippen LogP contribution in [-0.4, -0.2) is 22.2 Å². The van der Waals surface area contributed by atoms with Crippen LogP contribution in [0, 0.1) is 0 Å². The lowest BCUT2D eigenvalue weighted by atomic mass is 10.2. The smallest absolute Gasteiger partial charge is 0.283 e. The normalized spacial score (nSPS) is 11.0. The number of carbonyl (C=O) groups is 1. The Bertz CT molecular complexity index is 746. The van der Waals surface area contributed by atoms with Crippen LogP contribution in [0.3, 0.4) is 0 Å². The summed E-state index contributed by atoms with van der Waals surface area (Å²) < 4.78 is 1.30. The molecule has 0 aliphatic rings. The lowest BCUT2D eigenvalue weighted by Crippen LogP contribution is -2.17. The summed E-state index contributed by atoms with van der Waals surface area (Å²) in [5.41, 5.74) is 9.12. The SMILES string of the molecule is CCc1nc(N)sc1C(=O)N/N=C/c1cc(Br)cc(Br)c1O. The zero-order valence-electron chi connectivity index (χ0n) is 11.4. The number of halogens is 2. The van der Waals surface area contributed by atoms with E-state index in [9.17, 15) is 9.90 Å². The minimum Gasteiger partial charge on any atom is -0.506 e. The van der Waals surface area contributed by atoms with E-state index in [2.05, 4.69) is 47.4 Å². The van der Waals surface area contributed by atoms with Gasteiger partial charge in [0.1, 0.15) is 10.6 Å². The number of aryl methyl sites for hydroxylation is 1. The van der Waals surface area contributed by atoms with Crippen molar-refractivity contribution in [1.82, 2.24) is 10.4 Å². The Morgan fingerprint density at radius 3 is 2.95 bits per heavy atom. The number of phenols is 1. The van der Waals surface area contributed by atoms with Gasteiger partial charge in [-0.1, -0.05) is 34.2 Å². The summed E-state index contributed by atoms with van der Waals surface area (Å²) in [6, 6.07) is 3.39. The number of nitrogens with two attached hydrogens (primary N) is 1. The Hall–Kier alpha value is -1.45. The van der Waals surface area contributed by atoms with Crippen LogP contribution in [0.4, 0.5) is 5.13 Å². The number of nitrogens with one attached hydrogen (secondary N) is 1. The molecule has 0 spiro atoms. The molecule has 0 saturated carbocycles. The highest BCUT2D eigenvalue weighted by molar-refractivity contribution is 9.11. The molecule has 1 aromatic heterocycles. The van der Waals surface area contributed by atoms with Crippen molar-refractivity contribution in [2.45, 2.75) is 13.3 Å². The fourth-order valence-electron chi connectivity index (χ4n) is 1.68. The van der Waals surface area contributed by atoms with E-state index in [0.717, 1.165) is 15.8 Å². The van der Waals surface area contributed by atoms with E-state index >= 15 is 0 Å². The first kappa shape index (κ1) is 16.9. The highest BCUT2D eigenvalue weighted by Gasteiger charge is 2.15. The average molecular weight is 448 g/mol. The van der Waals surface area contributed by atoms with Crippen LogP contribution in [0.15, 0.2) is 26.2 Å². The first-order valence-corrected chi connectivity index (χ1v) is 8.59. The number of hydrazone groups is 1. The first-order chi connectivity index (χ1) is 10.4. The van der Waals surface area contributed by atoms with Crippen molar-refractivity contribution in [1.29, 1.82) is 0 Å². The highest BCUT2D eigenvalue weighted by Crippen LogP contribution is 2.30. The van der Waals surface area contributed by atoms with Gasteiger partial charge in [0.25, 0.3) is 5.91 Å². The van der Waals surface area contributed by atoms with Gasteiger partial charge in [0, 0.05) is 10.0 Å². The molecule has 1 aromatic carbocycles. The summed E-state index contributed by atoms with van der Waals surface area (Å²) in [4.78, 5) is 16.6. The third-order valence-corrected chi connectivity index (χ3v) is 4.67. The summed E-state index contributed by atoms with van der Waals surface area (Å²) in [7, 11) is 0. The predicted molar refractivity (Wildman–Crippen MR) is 94.5 cm³/mol. The van der Waals surface area contributed by atoms with Crippen molar-refractivity contribution in [2.24, 2.45) is 5.10 Å². The zero-order chi connectivity index (χ0) is 16.3. The number of phenolic OH excluding ortho intramolecular Hbond substituents is 1. The fourth-order valence-corrected chi connectivity index (χ4v) is 3.75.